The molecule has 1 aliphatic carbocycles. The zero-order valence-corrected chi connectivity index (χ0v) is 43.5. The van der Waals surface area contributed by atoms with Crippen LogP contribution in [-0.4, -0.2) is 62.3 Å². The van der Waals surface area contributed by atoms with Crippen molar-refractivity contribution in [3.05, 3.63) is 157 Å². The van der Waals surface area contributed by atoms with Crippen molar-refractivity contribution in [1.29, 1.82) is 0 Å². The molecule has 0 unspecified atom stereocenters. The fourth-order valence-electron chi connectivity index (χ4n) is 10.5. The highest BCUT2D eigenvalue weighted by molar-refractivity contribution is 9.10. The molecule has 0 bridgehead atoms. The molecule has 0 saturated carbocycles. The summed E-state index contributed by atoms with van der Waals surface area (Å²) in [6.07, 6.45) is 16.4. The molecule has 67 heavy (non-hydrogen) atoms. The van der Waals surface area contributed by atoms with Crippen molar-refractivity contribution in [1.82, 2.24) is 20.2 Å². The van der Waals surface area contributed by atoms with Crippen molar-refractivity contribution in [2.24, 2.45) is 0 Å². The molecule has 6 aromatic rings. The number of fused-ring (bicyclic) bond motifs is 6. The molecule has 5 aromatic carbocycles. The number of anilines is 1. The van der Waals surface area contributed by atoms with E-state index in [4.69, 9.17) is 0 Å². The Morgan fingerprint density at radius 2 is 1.52 bits per heavy atom. The van der Waals surface area contributed by atoms with Gasteiger partial charge in [-0.05, 0) is 167 Å². The minimum Gasteiger partial charge on any atom is -0.748 e. The maximum atomic E-state index is 11.6. The molecule has 0 spiro atoms. The molecule has 3 aliphatic rings. The number of allylic oxidation sites excluding steroid dienone is 7. The zero-order valence-electron chi connectivity index (χ0n) is 38.7. The third-order valence-electron chi connectivity index (χ3n) is 13.6. The van der Waals surface area contributed by atoms with Crippen LogP contribution in [-0.2, 0) is 20.9 Å². The Labute approximate surface area is 415 Å². The first-order valence-electron chi connectivity index (χ1n) is 23.3. The molecule has 346 valence electrons. The first-order chi connectivity index (χ1) is 32.2. The average Bonchev–Trinajstić information content (AvgIpc) is 3.92. The Kier molecular flexibility index (Phi) is 13.7. The summed E-state index contributed by atoms with van der Waals surface area (Å²) >= 11 is 9.01. The van der Waals surface area contributed by atoms with Crippen molar-refractivity contribution in [3.8, 4) is 5.69 Å². The lowest BCUT2D eigenvalue weighted by atomic mass is 9.78. The van der Waals surface area contributed by atoms with E-state index in [0.717, 1.165) is 75.0 Å². The molecule has 13 heteroatoms. The van der Waals surface area contributed by atoms with Gasteiger partial charge in [-0.15, -0.1) is 5.10 Å². The molecule has 9 nitrogen and oxygen atoms in total. The number of benzene rings is 5. The van der Waals surface area contributed by atoms with E-state index < -0.39 is 15.5 Å². The van der Waals surface area contributed by atoms with Crippen LogP contribution in [0.15, 0.2) is 151 Å². The molecular formula is C54H56Br2N6O3S2. The number of nitrogens with zero attached hydrogens (tertiary/aromatic N) is 6. The normalized spacial score (nSPS) is 18.1. The lowest BCUT2D eigenvalue weighted by Crippen LogP contribution is -2.28. The molecule has 0 amide bonds. The largest absolute Gasteiger partial charge is 0.748 e. The van der Waals surface area contributed by atoms with E-state index in [-0.39, 0.29) is 11.2 Å². The van der Waals surface area contributed by atoms with E-state index in [9.17, 15) is 13.0 Å². The second-order valence-corrected chi connectivity index (χ2v) is 23.2. The minimum atomic E-state index is -4.31. The second-order valence-electron chi connectivity index (χ2n) is 18.9. The van der Waals surface area contributed by atoms with Gasteiger partial charge in [0.1, 0.15) is 6.54 Å². The second kappa shape index (κ2) is 19.4. The molecule has 0 saturated heterocycles. The SMILES string of the molecule is CCCCC[N+]1=C(/C=C/C2=C(Sc3nnnn3-c3ccccc3)C(=C/C=C3/N(CCCCS(=O)(=O)[O-])c4ccc5cc(Br)ccc5c4C3(C)C)/CCC2)C(C)(C)c2c1ccc1cc(Br)ccc21. The van der Waals surface area contributed by atoms with Crippen LogP contribution in [0, 0.1) is 0 Å². The van der Waals surface area contributed by atoms with E-state index in [1.807, 2.05) is 35.0 Å². The van der Waals surface area contributed by atoms with Crippen molar-refractivity contribution in [2.75, 3.05) is 23.7 Å². The predicted octanol–water partition coefficient (Wildman–Crippen LogP) is 13.8. The summed E-state index contributed by atoms with van der Waals surface area (Å²) in [6.45, 7) is 13.1. The maximum absolute atomic E-state index is 11.6. The van der Waals surface area contributed by atoms with E-state index in [2.05, 4.69) is 176 Å². The Bertz CT molecular complexity index is 3170. The molecule has 9 rings (SSSR count). The first kappa shape index (κ1) is 47.4. The zero-order chi connectivity index (χ0) is 47.1. The highest BCUT2D eigenvalue weighted by atomic mass is 79.9. The van der Waals surface area contributed by atoms with Crippen LogP contribution >= 0.6 is 43.6 Å². The highest BCUT2D eigenvalue weighted by Gasteiger charge is 2.46. The summed E-state index contributed by atoms with van der Waals surface area (Å²) in [5, 5.41) is 18.8. The maximum Gasteiger partial charge on any atom is 0.218 e. The van der Waals surface area contributed by atoms with Gasteiger partial charge in [-0.1, -0.05) is 108 Å². The summed E-state index contributed by atoms with van der Waals surface area (Å²) in [7, 11) is -4.31. The predicted molar refractivity (Wildman–Crippen MR) is 281 cm³/mol. The van der Waals surface area contributed by atoms with E-state index in [1.165, 1.54) is 56.3 Å². The Morgan fingerprint density at radius 3 is 2.24 bits per heavy atom. The summed E-state index contributed by atoms with van der Waals surface area (Å²) < 4.78 is 41.4. The highest BCUT2D eigenvalue weighted by Crippen LogP contribution is 2.52. The molecule has 3 heterocycles. The monoisotopic (exact) mass is 1060 g/mol. The fraction of sp³-hybridized carbons (Fsp3) is 0.333. The number of tetrazole rings is 1. The summed E-state index contributed by atoms with van der Waals surface area (Å²) in [4.78, 5) is 3.48. The summed E-state index contributed by atoms with van der Waals surface area (Å²) in [5.41, 5.74) is 10.1. The molecule has 1 aromatic heterocycles. The molecule has 0 N–H and O–H groups in total. The van der Waals surface area contributed by atoms with E-state index in [1.54, 1.807) is 11.8 Å². The van der Waals surface area contributed by atoms with Gasteiger partial charge in [-0.25, -0.2) is 8.42 Å². The van der Waals surface area contributed by atoms with Crippen molar-refractivity contribution < 1.29 is 17.5 Å². The van der Waals surface area contributed by atoms with Gasteiger partial charge in [-0.3, -0.25) is 0 Å². The van der Waals surface area contributed by atoms with Gasteiger partial charge in [-0.2, -0.15) is 9.26 Å². The van der Waals surface area contributed by atoms with Crippen LogP contribution < -0.4 is 4.90 Å². The van der Waals surface area contributed by atoms with Crippen LogP contribution in [0.25, 0.3) is 27.2 Å². The number of hydrogen-bond donors (Lipinski definition) is 0. The van der Waals surface area contributed by atoms with Crippen LogP contribution in [0.5, 0.6) is 0 Å². The van der Waals surface area contributed by atoms with Gasteiger partial charge in [0.15, 0.2) is 5.71 Å². The fourth-order valence-corrected chi connectivity index (χ4v) is 12.9. The molecule has 0 radical (unpaired) electrons. The molecule has 0 atom stereocenters. The third-order valence-corrected chi connectivity index (χ3v) is 16.6. The van der Waals surface area contributed by atoms with Gasteiger partial charge in [0.25, 0.3) is 0 Å². The molecular weight excluding hydrogens is 1000 g/mol. The van der Waals surface area contributed by atoms with Crippen LogP contribution in [0.1, 0.15) is 97.1 Å². The topological polar surface area (TPSA) is 107 Å². The number of unbranched alkanes of at least 4 members (excludes halogenated alkanes) is 3. The van der Waals surface area contributed by atoms with Crippen molar-refractivity contribution >= 4 is 92.4 Å². The number of thioether (sulfide) groups is 1. The number of para-hydroxylation sites is 1. The summed E-state index contributed by atoms with van der Waals surface area (Å²) in [5.74, 6) is -0.371. The minimum absolute atomic E-state index is 0.251. The van der Waals surface area contributed by atoms with Gasteiger partial charge in [0.2, 0.25) is 10.8 Å². The Hall–Kier alpha value is -4.66. The number of hydrogen-bond acceptors (Lipinski definition) is 8. The standard InChI is InChI=1S/C54H56Br2N6O3S2/c1-6-7-11-31-60-45-27-19-38-34-40(55)23-25-43(38)49(45)53(2,3)47(60)29-21-36-15-14-16-37(51(36)66-52-57-58-59-62(52)42-17-9-8-10-18-42)22-30-48-54(4,5)50-44-26-24-41(56)35-39(44)20-28-46(50)61(48)32-12-13-33-67(63,64)65/h8-10,17-30,34-35H,6-7,11-16,31-33H2,1-5H3. The van der Waals surface area contributed by atoms with Crippen LogP contribution in [0.4, 0.5) is 11.4 Å². The van der Waals surface area contributed by atoms with Crippen LogP contribution in [0.3, 0.4) is 0 Å². The summed E-state index contributed by atoms with van der Waals surface area (Å²) in [6, 6.07) is 32.0. The molecule has 0 fully saturated rings. The number of aromatic nitrogens is 4. The van der Waals surface area contributed by atoms with E-state index >= 15 is 0 Å². The van der Waals surface area contributed by atoms with Crippen LogP contribution in [0.2, 0.25) is 0 Å². The van der Waals surface area contributed by atoms with Gasteiger partial charge >= 0.3 is 0 Å². The van der Waals surface area contributed by atoms with Crippen molar-refractivity contribution in [3.63, 3.8) is 0 Å². The van der Waals surface area contributed by atoms with Gasteiger partial charge in [0.05, 0.1) is 21.2 Å². The lowest BCUT2D eigenvalue weighted by molar-refractivity contribution is -0.438. The lowest BCUT2D eigenvalue weighted by Gasteiger charge is -2.28. The average molecular weight is 1060 g/mol. The number of halogens is 2. The smallest absolute Gasteiger partial charge is 0.218 e. The Morgan fingerprint density at radius 1 is 0.806 bits per heavy atom. The quantitative estimate of drug-likeness (QED) is 0.0569. The number of rotatable bonds is 15. The van der Waals surface area contributed by atoms with Gasteiger partial charge in [0, 0.05) is 67.1 Å². The molecule has 2 aliphatic heterocycles. The third kappa shape index (κ3) is 9.56. The first-order valence-corrected chi connectivity index (χ1v) is 27.3. The van der Waals surface area contributed by atoms with Gasteiger partial charge < -0.3 is 9.45 Å². The Balaban J connectivity index is 1.17. The van der Waals surface area contributed by atoms with E-state index in [0.29, 0.717) is 24.5 Å². The van der Waals surface area contributed by atoms with Crippen molar-refractivity contribution in [2.45, 2.75) is 102 Å².